The normalized spacial score (nSPS) is 10.7. The predicted octanol–water partition coefficient (Wildman–Crippen LogP) is -1.64. The van der Waals surface area contributed by atoms with E-state index in [9.17, 15) is 4.13 Å². The number of hydrogen-bond acceptors (Lipinski definition) is 1. The molecule has 0 radical (unpaired) electrons. The summed E-state index contributed by atoms with van der Waals surface area (Å²) in [5.41, 5.74) is 0. The Hall–Kier alpha value is 1.50. The zero-order valence-electron chi connectivity index (χ0n) is 7.03. The van der Waals surface area contributed by atoms with Crippen molar-refractivity contribution >= 4 is 13.6 Å². The van der Waals surface area contributed by atoms with Gasteiger partial charge in [-0.25, -0.2) is 0 Å². The number of rotatable bonds is 3. The standard InChI is InChI=1S/C6H15GeO.Na/c1-4-7(8,5-2)6-3;/h4-6H2,1-3H3;/q-1;+1. The van der Waals surface area contributed by atoms with E-state index in [0.29, 0.717) is 0 Å². The summed E-state index contributed by atoms with van der Waals surface area (Å²) < 4.78 is 11.4. The third-order valence-electron chi connectivity index (χ3n) is 1.93. The van der Waals surface area contributed by atoms with Gasteiger partial charge in [0.1, 0.15) is 0 Å². The summed E-state index contributed by atoms with van der Waals surface area (Å²) in [6.45, 7) is 6.12. The van der Waals surface area contributed by atoms with Crippen LogP contribution >= 0.6 is 0 Å². The van der Waals surface area contributed by atoms with Gasteiger partial charge in [-0.05, 0) is 0 Å². The van der Waals surface area contributed by atoms with Crippen LogP contribution in [-0.4, -0.2) is 13.6 Å². The first-order valence-corrected chi connectivity index (χ1v) is 8.69. The monoisotopic (exact) mass is 200 g/mol. The largest absolute Gasteiger partial charge is 1.00 e. The summed E-state index contributed by atoms with van der Waals surface area (Å²) in [7, 11) is 0. The van der Waals surface area contributed by atoms with Crippen LogP contribution in [0.15, 0.2) is 0 Å². The van der Waals surface area contributed by atoms with E-state index < -0.39 is 13.6 Å². The molecular formula is C6H15GeNaO. The molecule has 0 bridgehead atoms. The van der Waals surface area contributed by atoms with E-state index in [1.807, 2.05) is 20.8 Å². The third kappa shape index (κ3) is 4.85. The topological polar surface area (TPSA) is 23.1 Å². The van der Waals surface area contributed by atoms with Crippen LogP contribution in [0.5, 0.6) is 0 Å². The second-order valence-electron chi connectivity index (χ2n) is 2.24. The van der Waals surface area contributed by atoms with Crippen molar-refractivity contribution in [1.29, 1.82) is 0 Å². The van der Waals surface area contributed by atoms with Crippen molar-refractivity contribution in [3.8, 4) is 0 Å². The summed E-state index contributed by atoms with van der Waals surface area (Å²) in [6, 6.07) is 0. The van der Waals surface area contributed by atoms with Gasteiger partial charge in [0, 0.05) is 0 Å². The summed E-state index contributed by atoms with van der Waals surface area (Å²) in [6.07, 6.45) is 0. The van der Waals surface area contributed by atoms with E-state index in [-0.39, 0.29) is 29.6 Å². The van der Waals surface area contributed by atoms with Crippen molar-refractivity contribution in [1.82, 2.24) is 0 Å². The van der Waals surface area contributed by atoms with Gasteiger partial charge in [-0.1, -0.05) is 0 Å². The van der Waals surface area contributed by atoms with Crippen LogP contribution in [0.25, 0.3) is 0 Å². The van der Waals surface area contributed by atoms with Crippen molar-refractivity contribution in [3.05, 3.63) is 0 Å². The maximum absolute atomic E-state index is 11.4. The molecule has 0 amide bonds. The SMILES string of the molecule is C[CH2][Ge]([O-])([CH2]C)[CH2]C.[Na+]. The molecule has 0 saturated carbocycles. The van der Waals surface area contributed by atoms with Crippen LogP contribution in [0.4, 0.5) is 0 Å². The first-order valence-electron chi connectivity index (χ1n) is 3.39. The Balaban J connectivity index is 0. The first-order chi connectivity index (χ1) is 3.68. The molecule has 0 fully saturated rings. The average Bonchev–Trinajstić information content (AvgIpc) is 1.87. The molecule has 0 aromatic carbocycles. The van der Waals surface area contributed by atoms with Gasteiger partial charge in [-0.3, -0.25) is 0 Å². The van der Waals surface area contributed by atoms with E-state index in [0.717, 1.165) is 15.8 Å². The zero-order valence-corrected chi connectivity index (χ0v) is 11.1. The van der Waals surface area contributed by atoms with E-state index in [1.54, 1.807) is 0 Å². The minimum atomic E-state index is -2.37. The fourth-order valence-electron chi connectivity index (χ4n) is 0.750. The molecule has 0 aliphatic rings. The van der Waals surface area contributed by atoms with Gasteiger partial charge in [0.25, 0.3) is 0 Å². The number of hydrogen-bond donors (Lipinski definition) is 0. The molecule has 0 saturated heterocycles. The van der Waals surface area contributed by atoms with E-state index >= 15 is 0 Å². The van der Waals surface area contributed by atoms with Crippen LogP contribution in [0, 0.1) is 0 Å². The van der Waals surface area contributed by atoms with Crippen molar-refractivity contribution in [2.24, 2.45) is 0 Å². The Morgan fingerprint density at radius 3 is 1.22 bits per heavy atom. The van der Waals surface area contributed by atoms with Crippen LogP contribution < -0.4 is 33.7 Å². The third-order valence-corrected chi connectivity index (χ3v) is 10.0. The summed E-state index contributed by atoms with van der Waals surface area (Å²) >= 11 is -2.37. The van der Waals surface area contributed by atoms with E-state index in [1.165, 1.54) is 0 Å². The molecule has 0 atom stereocenters. The summed E-state index contributed by atoms with van der Waals surface area (Å²) in [5, 5.41) is 2.85. The maximum Gasteiger partial charge on any atom is 1.00 e. The molecule has 50 valence electrons. The van der Waals surface area contributed by atoms with Crippen molar-refractivity contribution in [2.45, 2.75) is 36.5 Å². The second kappa shape index (κ2) is 6.23. The Labute approximate surface area is 83.2 Å². The van der Waals surface area contributed by atoms with Crippen LogP contribution in [-0.2, 0) is 0 Å². The van der Waals surface area contributed by atoms with Gasteiger partial charge in [-0.2, -0.15) is 0 Å². The average molecular weight is 199 g/mol. The minimum absolute atomic E-state index is 0. The van der Waals surface area contributed by atoms with E-state index in [2.05, 4.69) is 0 Å². The second-order valence-corrected chi connectivity index (χ2v) is 11.7. The molecule has 0 rings (SSSR count). The van der Waals surface area contributed by atoms with Crippen molar-refractivity contribution in [2.75, 3.05) is 0 Å². The van der Waals surface area contributed by atoms with Gasteiger partial charge in [0.05, 0.1) is 0 Å². The van der Waals surface area contributed by atoms with Gasteiger partial charge >= 0.3 is 83.8 Å². The van der Waals surface area contributed by atoms with Crippen LogP contribution in [0.1, 0.15) is 20.8 Å². The molecule has 0 aliphatic carbocycles. The molecular weight excluding hydrogens is 184 g/mol. The molecule has 0 heterocycles. The smallest absolute Gasteiger partial charge is 1.00 e. The van der Waals surface area contributed by atoms with Gasteiger partial charge < -0.3 is 0 Å². The van der Waals surface area contributed by atoms with Gasteiger partial charge in [-0.15, -0.1) is 0 Å². The van der Waals surface area contributed by atoms with Crippen LogP contribution in [0.3, 0.4) is 0 Å². The van der Waals surface area contributed by atoms with E-state index in [4.69, 9.17) is 0 Å². The molecule has 0 aromatic rings. The Bertz CT molecular complexity index is 55.8. The van der Waals surface area contributed by atoms with Crippen LogP contribution in [0.2, 0.25) is 15.8 Å². The van der Waals surface area contributed by atoms with Gasteiger partial charge in [0.2, 0.25) is 0 Å². The molecule has 0 N–H and O–H groups in total. The predicted molar refractivity (Wildman–Crippen MR) is 37.2 cm³/mol. The Morgan fingerprint density at radius 1 is 1.00 bits per heavy atom. The quantitative estimate of drug-likeness (QED) is 0.499. The molecule has 0 spiro atoms. The summed E-state index contributed by atoms with van der Waals surface area (Å²) in [4.78, 5) is 0. The fraction of sp³-hybridized carbons (Fsp3) is 1.00. The Kier molecular flexibility index (Phi) is 9.08. The molecule has 0 unspecified atom stereocenters. The molecule has 0 aromatic heterocycles. The molecule has 0 aliphatic heterocycles. The first kappa shape index (κ1) is 13.1. The Morgan fingerprint density at radius 2 is 1.22 bits per heavy atom. The van der Waals surface area contributed by atoms with Crippen molar-refractivity contribution in [3.63, 3.8) is 0 Å². The fourth-order valence-corrected chi connectivity index (χ4v) is 3.90. The molecule has 1 nitrogen and oxygen atoms in total. The van der Waals surface area contributed by atoms with Crippen molar-refractivity contribution < 1.29 is 33.7 Å². The summed E-state index contributed by atoms with van der Waals surface area (Å²) in [5.74, 6) is 0. The maximum atomic E-state index is 11.4. The van der Waals surface area contributed by atoms with Gasteiger partial charge in [0.15, 0.2) is 0 Å². The zero-order chi connectivity index (χ0) is 6.62. The molecule has 3 heteroatoms. The minimum Gasteiger partial charge on any atom is 1.00 e. The molecule has 9 heavy (non-hydrogen) atoms.